The molecule has 1 aromatic heterocycles. The van der Waals surface area contributed by atoms with Crippen LogP contribution in [0.3, 0.4) is 0 Å². The summed E-state index contributed by atoms with van der Waals surface area (Å²) in [5.74, 6) is 0.641. The van der Waals surface area contributed by atoms with E-state index in [9.17, 15) is 14.0 Å². The van der Waals surface area contributed by atoms with Gasteiger partial charge in [-0.2, -0.15) is 0 Å². The SMILES string of the molecule is Cc1cc(OC2CCN(C(=O)Nc3ccc(F)cc3)CC2)cc(=O)o1. The Hall–Kier alpha value is -2.83. The number of benzene rings is 1. The molecule has 0 spiro atoms. The topological polar surface area (TPSA) is 71.8 Å². The first-order chi connectivity index (χ1) is 12.0. The maximum Gasteiger partial charge on any atom is 0.339 e. The standard InChI is InChI=1S/C18H19FN2O4/c1-12-10-16(11-17(22)24-12)25-15-6-8-21(9-7-15)18(23)20-14-4-2-13(19)3-5-14/h2-5,10-11,15H,6-9H2,1H3,(H,20,23). The van der Waals surface area contributed by atoms with E-state index >= 15 is 0 Å². The number of likely N-dealkylation sites (tertiary alicyclic amines) is 1. The van der Waals surface area contributed by atoms with Crippen molar-refractivity contribution >= 4 is 11.7 Å². The zero-order valence-corrected chi connectivity index (χ0v) is 13.8. The fourth-order valence-corrected chi connectivity index (χ4v) is 2.75. The van der Waals surface area contributed by atoms with Crippen molar-refractivity contribution in [2.75, 3.05) is 18.4 Å². The highest BCUT2D eigenvalue weighted by Gasteiger charge is 2.24. The van der Waals surface area contributed by atoms with Crippen LogP contribution < -0.4 is 15.7 Å². The second kappa shape index (κ2) is 7.38. The highest BCUT2D eigenvalue weighted by Crippen LogP contribution is 2.19. The first kappa shape index (κ1) is 17.0. The van der Waals surface area contributed by atoms with Crippen LogP contribution in [0, 0.1) is 12.7 Å². The second-order valence-electron chi connectivity index (χ2n) is 5.96. The normalized spacial score (nSPS) is 15.0. The number of anilines is 1. The van der Waals surface area contributed by atoms with Crippen LogP contribution in [0.15, 0.2) is 45.6 Å². The molecule has 0 radical (unpaired) electrons. The molecule has 1 aliphatic heterocycles. The Morgan fingerprint density at radius 3 is 2.56 bits per heavy atom. The lowest BCUT2D eigenvalue weighted by Gasteiger charge is -2.32. The van der Waals surface area contributed by atoms with Gasteiger partial charge >= 0.3 is 11.7 Å². The minimum absolute atomic E-state index is 0.0592. The van der Waals surface area contributed by atoms with Gasteiger partial charge in [-0.15, -0.1) is 0 Å². The van der Waals surface area contributed by atoms with Crippen molar-refractivity contribution in [3.05, 3.63) is 58.4 Å². The summed E-state index contributed by atoms with van der Waals surface area (Å²) in [6, 6.07) is 8.41. The summed E-state index contributed by atoms with van der Waals surface area (Å²) in [6.07, 6.45) is 1.27. The third-order valence-electron chi connectivity index (χ3n) is 3.99. The molecule has 1 aromatic carbocycles. The molecule has 7 heteroatoms. The molecule has 1 saturated heterocycles. The van der Waals surface area contributed by atoms with Gasteiger partial charge in [-0.3, -0.25) is 0 Å². The Bertz CT molecular complexity index is 795. The molecule has 6 nitrogen and oxygen atoms in total. The van der Waals surface area contributed by atoms with Crippen LogP contribution in [0.5, 0.6) is 5.75 Å². The van der Waals surface area contributed by atoms with E-state index in [0.29, 0.717) is 43.1 Å². The molecular weight excluding hydrogens is 327 g/mol. The van der Waals surface area contributed by atoms with Crippen LogP contribution >= 0.6 is 0 Å². The van der Waals surface area contributed by atoms with Crippen molar-refractivity contribution in [2.45, 2.75) is 25.9 Å². The Balaban J connectivity index is 1.51. The smallest absolute Gasteiger partial charge is 0.339 e. The molecule has 0 saturated carbocycles. The van der Waals surface area contributed by atoms with Gasteiger partial charge in [0.05, 0.1) is 6.07 Å². The minimum atomic E-state index is -0.439. The third kappa shape index (κ3) is 4.59. The number of aryl methyl sites for hydroxylation is 1. The first-order valence-electron chi connectivity index (χ1n) is 8.09. The van der Waals surface area contributed by atoms with Gasteiger partial charge in [0.1, 0.15) is 23.4 Å². The lowest BCUT2D eigenvalue weighted by Crippen LogP contribution is -2.43. The van der Waals surface area contributed by atoms with E-state index in [1.807, 2.05) is 0 Å². The van der Waals surface area contributed by atoms with Gasteiger partial charge in [0.15, 0.2) is 0 Å². The summed E-state index contributed by atoms with van der Waals surface area (Å²) in [5, 5.41) is 2.74. The molecule has 2 aromatic rings. The van der Waals surface area contributed by atoms with Gasteiger partial charge in [-0.05, 0) is 31.2 Å². The maximum atomic E-state index is 12.9. The molecule has 1 fully saturated rings. The molecule has 0 unspecified atom stereocenters. The van der Waals surface area contributed by atoms with E-state index in [4.69, 9.17) is 9.15 Å². The number of hydrogen-bond acceptors (Lipinski definition) is 4. The fraction of sp³-hybridized carbons (Fsp3) is 0.333. The average molecular weight is 346 g/mol. The minimum Gasteiger partial charge on any atom is -0.490 e. The largest absolute Gasteiger partial charge is 0.490 e. The molecule has 1 N–H and O–H groups in total. The molecule has 2 amide bonds. The van der Waals surface area contributed by atoms with Gasteiger partial charge in [0, 0.05) is 37.7 Å². The molecule has 25 heavy (non-hydrogen) atoms. The summed E-state index contributed by atoms with van der Waals surface area (Å²) >= 11 is 0. The van der Waals surface area contributed by atoms with Crippen molar-refractivity contribution < 1.29 is 18.3 Å². The van der Waals surface area contributed by atoms with Gasteiger partial charge in [-0.1, -0.05) is 0 Å². The Morgan fingerprint density at radius 1 is 1.24 bits per heavy atom. The van der Waals surface area contributed by atoms with Crippen molar-refractivity contribution in [1.82, 2.24) is 4.90 Å². The van der Waals surface area contributed by atoms with Crippen LogP contribution in [-0.4, -0.2) is 30.1 Å². The van der Waals surface area contributed by atoms with E-state index in [-0.39, 0.29) is 18.0 Å². The number of carbonyl (C=O) groups is 1. The monoisotopic (exact) mass is 346 g/mol. The zero-order valence-electron chi connectivity index (χ0n) is 13.8. The van der Waals surface area contributed by atoms with E-state index in [2.05, 4.69) is 5.32 Å². The molecule has 3 rings (SSSR count). The van der Waals surface area contributed by atoms with Crippen LogP contribution in [0.4, 0.5) is 14.9 Å². The predicted octanol–water partition coefficient (Wildman–Crippen LogP) is 3.16. The summed E-state index contributed by atoms with van der Waals surface area (Å²) in [5.41, 5.74) is 0.113. The van der Waals surface area contributed by atoms with E-state index in [0.717, 1.165) is 0 Å². The third-order valence-corrected chi connectivity index (χ3v) is 3.99. The molecule has 1 aliphatic rings. The second-order valence-corrected chi connectivity index (χ2v) is 5.96. The first-order valence-corrected chi connectivity index (χ1v) is 8.09. The van der Waals surface area contributed by atoms with Gasteiger partial charge in [-0.25, -0.2) is 14.0 Å². The highest BCUT2D eigenvalue weighted by atomic mass is 19.1. The van der Waals surface area contributed by atoms with Crippen molar-refractivity contribution in [1.29, 1.82) is 0 Å². The van der Waals surface area contributed by atoms with E-state index in [1.54, 1.807) is 17.9 Å². The Morgan fingerprint density at radius 2 is 1.92 bits per heavy atom. The summed E-state index contributed by atoms with van der Waals surface area (Å²) in [6.45, 7) is 2.77. The maximum absolute atomic E-state index is 12.9. The van der Waals surface area contributed by atoms with Crippen LogP contribution in [-0.2, 0) is 0 Å². The van der Waals surface area contributed by atoms with Crippen molar-refractivity contribution in [2.24, 2.45) is 0 Å². The predicted molar refractivity (Wildman–Crippen MR) is 90.4 cm³/mol. The zero-order chi connectivity index (χ0) is 17.8. The number of nitrogens with one attached hydrogen (secondary N) is 1. The molecule has 132 valence electrons. The molecule has 2 heterocycles. The molecule has 0 atom stereocenters. The number of urea groups is 1. The lowest BCUT2D eigenvalue weighted by atomic mass is 10.1. The fourth-order valence-electron chi connectivity index (χ4n) is 2.75. The van der Waals surface area contributed by atoms with Gasteiger partial charge in [0.2, 0.25) is 0 Å². The number of ether oxygens (including phenoxy) is 1. The number of piperidine rings is 1. The number of rotatable bonds is 3. The van der Waals surface area contributed by atoms with Crippen molar-refractivity contribution in [3.63, 3.8) is 0 Å². The van der Waals surface area contributed by atoms with Gasteiger partial charge < -0.3 is 19.4 Å². The molecule has 0 aliphatic carbocycles. The number of amides is 2. The quantitative estimate of drug-likeness (QED) is 0.927. The van der Waals surface area contributed by atoms with Gasteiger partial charge in [0.25, 0.3) is 0 Å². The molecular formula is C18H19FN2O4. The average Bonchev–Trinajstić information content (AvgIpc) is 2.56. The van der Waals surface area contributed by atoms with Crippen LogP contribution in [0.25, 0.3) is 0 Å². The van der Waals surface area contributed by atoms with Crippen LogP contribution in [0.1, 0.15) is 18.6 Å². The van der Waals surface area contributed by atoms with E-state index < -0.39 is 5.63 Å². The van der Waals surface area contributed by atoms with Crippen LogP contribution in [0.2, 0.25) is 0 Å². The van der Waals surface area contributed by atoms with E-state index in [1.165, 1.54) is 30.3 Å². The van der Waals surface area contributed by atoms with Crippen molar-refractivity contribution in [3.8, 4) is 5.75 Å². The number of carbonyl (C=O) groups excluding carboxylic acids is 1. The molecule has 0 bridgehead atoms. The Labute approximate surface area is 144 Å². The Kier molecular flexibility index (Phi) is 5.02. The number of nitrogens with zero attached hydrogens (tertiary/aromatic N) is 1. The number of halogens is 1. The lowest BCUT2D eigenvalue weighted by molar-refractivity contribution is 0.115. The summed E-state index contributed by atoms with van der Waals surface area (Å²) < 4.78 is 23.6. The summed E-state index contributed by atoms with van der Waals surface area (Å²) in [4.78, 5) is 25.3. The number of hydrogen-bond donors (Lipinski definition) is 1. The summed E-state index contributed by atoms with van der Waals surface area (Å²) in [7, 11) is 0. The highest BCUT2D eigenvalue weighted by molar-refractivity contribution is 5.89.